The van der Waals surface area contributed by atoms with Gasteiger partial charge in [0.15, 0.2) is 0 Å². The van der Waals surface area contributed by atoms with E-state index in [4.69, 9.17) is 5.11 Å². The molecule has 1 atom stereocenters. The van der Waals surface area contributed by atoms with Gasteiger partial charge in [-0.2, -0.15) is 0 Å². The monoisotopic (exact) mass is 272 g/mol. The Labute approximate surface area is 116 Å². The lowest BCUT2D eigenvalue weighted by atomic mass is 10.1. The fraction of sp³-hybridized carbons (Fsp3) is 0.200. The molecule has 104 valence electrons. The Hall–Kier alpha value is -2.40. The minimum absolute atomic E-state index is 0.0934. The van der Waals surface area contributed by atoms with Crippen LogP contribution >= 0.6 is 0 Å². The van der Waals surface area contributed by atoms with E-state index in [1.165, 1.54) is 6.20 Å². The second-order valence-electron chi connectivity index (χ2n) is 4.48. The van der Waals surface area contributed by atoms with Gasteiger partial charge in [0.1, 0.15) is 5.56 Å². The Morgan fingerprint density at radius 2 is 2.05 bits per heavy atom. The van der Waals surface area contributed by atoms with Crippen LogP contribution in [0, 0.1) is 6.92 Å². The second kappa shape index (κ2) is 6.16. The molecule has 1 heterocycles. The third kappa shape index (κ3) is 3.33. The van der Waals surface area contributed by atoms with Crippen LogP contribution in [0.5, 0.6) is 0 Å². The van der Waals surface area contributed by atoms with Gasteiger partial charge >= 0.3 is 5.97 Å². The SMILES string of the molecule is Cc1cc(NCC(O)c2ccccc2)c(C(=O)O)cn1. The molecule has 0 bridgehead atoms. The molecule has 3 N–H and O–H groups in total. The highest BCUT2D eigenvalue weighted by Gasteiger charge is 2.13. The lowest BCUT2D eigenvalue weighted by Gasteiger charge is -2.14. The number of aryl methyl sites for hydroxylation is 1. The first kappa shape index (κ1) is 14.0. The molecule has 0 spiro atoms. The van der Waals surface area contributed by atoms with Crippen molar-refractivity contribution in [1.82, 2.24) is 4.98 Å². The van der Waals surface area contributed by atoms with Gasteiger partial charge in [0.05, 0.1) is 11.8 Å². The molecule has 5 heteroatoms. The number of aliphatic hydroxyl groups excluding tert-OH is 1. The first-order valence-corrected chi connectivity index (χ1v) is 6.24. The van der Waals surface area contributed by atoms with Crippen molar-refractivity contribution in [1.29, 1.82) is 0 Å². The number of aliphatic hydroxyl groups is 1. The third-order valence-corrected chi connectivity index (χ3v) is 2.94. The van der Waals surface area contributed by atoms with Gasteiger partial charge in [-0.3, -0.25) is 4.98 Å². The number of anilines is 1. The summed E-state index contributed by atoms with van der Waals surface area (Å²) in [5, 5.41) is 22.1. The minimum atomic E-state index is -1.05. The molecule has 0 fully saturated rings. The molecule has 0 radical (unpaired) electrons. The van der Waals surface area contributed by atoms with Crippen molar-refractivity contribution < 1.29 is 15.0 Å². The zero-order valence-electron chi connectivity index (χ0n) is 11.1. The molecule has 0 aliphatic heterocycles. The normalized spacial score (nSPS) is 11.9. The summed E-state index contributed by atoms with van der Waals surface area (Å²) in [7, 11) is 0. The third-order valence-electron chi connectivity index (χ3n) is 2.94. The second-order valence-corrected chi connectivity index (χ2v) is 4.48. The van der Waals surface area contributed by atoms with Crippen molar-refractivity contribution in [2.24, 2.45) is 0 Å². The Kier molecular flexibility index (Phi) is 4.32. The quantitative estimate of drug-likeness (QED) is 0.777. The molecule has 1 unspecified atom stereocenters. The zero-order chi connectivity index (χ0) is 14.5. The fourth-order valence-corrected chi connectivity index (χ4v) is 1.88. The van der Waals surface area contributed by atoms with Gasteiger partial charge in [-0.25, -0.2) is 4.79 Å². The lowest BCUT2D eigenvalue weighted by molar-refractivity contribution is 0.0697. The van der Waals surface area contributed by atoms with E-state index < -0.39 is 12.1 Å². The highest BCUT2D eigenvalue weighted by Crippen LogP contribution is 2.18. The number of pyridine rings is 1. The van der Waals surface area contributed by atoms with E-state index >= 15 is 0 Å². The van der Waals surface area contributed by atoms with Gasteiger partial charge in [0.2, 0.25) is 0 Å². The van der Waals surface area contributed by atoms with Crippen molar-refractivity contribution in [2.75, 3.05) is 11.9 Å². The summed E-state index contributed by atoms with van der Waals surface area (Å²) in [5.41, 5.74) is 2.05. The number of benzene rings is 1. The topological polar surface area (TPSA) is 82.5 Å². The van der Waals surface area contributed by atoms with Crippen LogP contribution in [0.1, 0.15) is 27.7 Å². The molecule has 20 heavy (non-hydrogen) atoms. The highest BCUT2D eigenvalue weighted by atomic mass is 16.4. The maximum absolute atomic E-state index is 11.1. The van der Waals surface area contributed by atoms with Crippen molar-refractivity contribution in [3.05, 3.63) is 59.4 Å². The smallest absolute Gasteiger partial charge is 0.339 e. The molecule has 2 rings (SSSR count). The summed E-state index contributed by atoms with van der Waals surface area (Å²) >= 11 is 0. The van der Waals surface area contributed by atoms with Gasteiger partial charge in [0.25, 0.3) is 0 Å². The van der Waals surface area contributed by atoms with E-state index in [9.17, 15) is 9.90 Å². The van der Waals surface area contributed by atoms with Crippen LogP contribution in [0.3, 0.4) is 0 Å². The molecule has 0 saturated heterocycles. The summed E-state index contributed by atoms with van der Waals surface area (Å²) in [4.78, 5) is 15.1. The van der Waals surface area contributed by atoms with E-state index in [1.54, 1.807) is 13.0 Å². The lowest BCUT2D eigenvalue weighted by Crippen LogP contribution is -2.15. The van der Waals surface area contributed by atoms with Crippen molar-refractivity contribution in [3.8, 4) is 0 Å². The number of carboxylic acids is 1. The average molecular weight is 272 g/mol. The van der Waals surface area contributed by atoms with Crippen molar-refractivity contribution in [2.45, 2.75) is 13.0 Å². The molecule has 2 aromatic rings. The van der Waals surface area contributed by atoms with Gasteiger partial charge in [-0.1, -0.05) is 30.3 Å². The predicted octanol–water partition coefficient (Wildman–Crippen LogP) is 2.23. The molecule has 0 aliphatic rings. The molecule has 5 nitrogen and oxygen atoms in total. The number of hydrogen-bond acceptors (Lipinski definition) is 4. The van der Waals surface area contributed by atoms with E-state index in [0.29, 0.717) is 11.4 Å². The standard InChI is InChI=1S/C15H16N2O3/c1-10-7-13(12(8-16-10)15(19)20)17-9-14(18)11-5-3-2-4-6-11/h2-8,14,18H,9H2,1H3,(H,16,17)(H,19,20). The van der Waals surface area contributed by atoms with E-state index in [2.05, 4.69) is 10.3 Å². The zero-order valence-corrected chi connectivity index (χ0v) is 11.1. The number of nitrogens with one attached hydrogen (secondary N) is 1. The molecular formula is C15H16N2O3. The first-order valence-electron chi connectivity index (χ1n) is 6.24. The van der Waals surface area contributed by atoms with Gasteiger partial charge < -0.3 is 15.5 Å². The number of aromatic nitrogens is 1. The Balaban J connectivity index is 2.11. The van der Waals surface area contributed by atoms with Gasteiger partial charge in [0, 0.05) is 18.4 Å². The van der Waals surface area contributed by atoms with Crippen LogP contribution in [-0.2, 0) is 0 Å². The van der Waals surface area contributed by atoms with Gasteiger partial charge in [-0.05, 0) is 18.6 Å². The Bertz CT molecular complexity index is 599. The Morgan fingerprint density at radius 3 is 2.70 bits per heavy atom. The summed E-state index contributed by atoms with van der Waals surface area (Å²) in [5.74, 6) is -1.05. The number of aromatic carboxylic acids is 1. The molecule has 0 aliphatic carbocycles. The van der Waals surface area contributed by atoms with E-state index in [0.717, 1.165) is 5.56 Å². The van der Waals surface area contributed by atoms with Crippen molar-refractivity contribution in [3.63, 3.8) is 0 Å². The summed E-state index contributed by atoms with van der Waals surface area (Å²) < 4.78 is 0. The van der Waals surface area contributed by atoms with Crippen LogP contribution in [0.25, 0.3) is 0 Å². The first-order chi connectivity index (χ1) is 9.58. The summed E-state index contributed by atoms with van der Waals surface area (Å²) in [6, 6.07) is 10.9. The number of carbonyl (C=O) groups is 1. The van der Waals surface area contributed by atoms with Crippen LogP contribution in [0.2, 0.25) is 0 Å². The minimum Gasteiger partial charge on any atom is -0.478 e. The van der Waals surface area contributed by atoms with Crippen LogP contribution < -0.4 is 5.32 Å². The number of hydrogen-bond donors (Lipinski definition) is 3. The van der Waals surface area contributed by atoms with Crippen LogP contribution in [-0.4, -0.2) is 27.7 Å². The molecule has 0 amide bonds. The number of nitrogens with zero attached hydrogens (tertiary/aromatic N) is 1. The summed E-state index contributed by atoms with van der Waals surface area (Å²) in [6.07, 6.45) is 0.612. The fourth-order valence-electron chi connectivity index (χ4n) is 1.88. The number of carboxylic acid groups (broad SMARTS) is 1. The van der Waals surface area contributed by atoms with E-state index in [1.807, 2.05) is 30.3 Å². The molecular weight excluding hydrogens is 256 g/mol. The Morgan fingerprint density at radius 1 is 1.35 bits per heavy atom. The van der Waals surface area contributed by atoms with Crippen LogP contribution in [0.4, 0.5) is 5.69 Å². The molecule has 1 aromatic carbocycles. The molecule has 1 aromatic heterocycles. The summed E-state index contributed by atoms with van der Waals surface area (Å²) in [6.45, 7) is 2.01. The maximum Gasteiger partial charge on any atom is 0.339 e. The largest absolute Gasteiger partial charge is 0.478 e. The van der Waals surface area contributed by atoms with Gasteiger partial charge in [-0.15, -0.1) is 0 Å². The average Bonchev–Trinajstić information content (AvgIpc) is 2.45. The van der Waals surface area contributed by atoms with Crippen molar-refractivity contribution >= 4 is 11.7 Å². The van der Waals surface area contributed by atoms with E-state index in [-0.39, 0.29) is 12.1 Å². The number of rotatable bonds is 5. The maximum atomic E-state index is 11.1. The molecule has 0 saturated carbocycles. The predicted molar refractivity (Wildman–Crippen MR) is 75.8 cm³/mol. The van der Waals surface area contributed by atoms with Crippen LogP contribution in [0.15, 0.2) is 42.6 Å². The highest BCUT2D eigenvalue weighted by molar-refractivity contribution is 5.93.